The van der Waals surface area contributed by atoms with Gasteiger partial charge in [0.1, 0.15) is 12.3 Å². The van der Waals surface area contributed by atoms with Gasteiger partial charge in [-0.2, -0.15) is 0 Å². The van der Waals surface area contributed by atoms with Crippen LogP contribution >= 0.6 is 15.9 Å². The SMILES string of the molecule is CCNC(=NCC(=O)NCc1ccco1)NC1CCN(c2ccccc2Br)C1. The van der Waals surface area contributed by atoms with Gasteiger partial charge in [-0.3, -0.25) is 4.79 Å². The second kappa shape index (κ2) is 10.2. The summed E-state index contributed by atoms with van der Waals surface area (Å²) in [6, 6.07) is 12.1. The van der Waals surface area contributed by atoms with Gasteiger partial charge in [0.2, 0.25) is 5.91 Å². The van der Waals surface area contributed by atoms with E-state index in [4.69, 9.17) is 4.42 Å². The number of anilines is 1. The lowest BCUT2D eigenvalue weighted by Crippen LogP contribution is -2.45. The highest BCUT2D eigenvalue weighted by Gasteiger charge is 2.24. The molecule has 0 aliphatic carbocycles. The zero-order valence-electron chi connectivity index (χ0n) is 16.0. The fourth-order valence-corrected chi connectivity index (χ4v) is 3.66. The number of rotatable bonds is 7. The van der Waals surface area contributed by atoms with Crippen LogP contribution in [0.15, 0.2) is 56.5 Å². The highest BCUT2D eigenvalue weighted by Crippen LogP contribution is 2.28. The number of para-hydroxylation sites is 1. The maximum absolute atomic E-state index is 12.0. The van der Waals surface area contributed by atoms with Crippen molar-refractivity contribution < 1.29 is 9.21 Å². The molecule has 0 bridgehead atoms. The molecule has 0 spiro atoms. The Bertz CT molecular complexity index is 794. The molecule has 0 saturated carbocycles. The molecule has 2 heterocycles. The summed E-state index contributed by atoms with van der Waals surface area (Å²) < 4.78 is 6.31. The molecule has 1 saturated heterocycles. The standard InChI is InChI=1S/C20H26BrN5O2/c1-2-22-20(24-13-19(27)23-12-16-6-5-11-28-16)25-15-9-10-26(14-15)18-8-4-3-7-17(18)21/h3-8,11,15H,2,9-10,12-14H2,1H3,(H,23,27)(H2,22,24,25). The first-order valence-electron chi connectivity index (χ1n) is 9.49. The molecule has 7 nitrogen and oxygen atoms in total. The number of guanidine groups is 1. The molecule has 1 amide bonds. The zero-order valence-corrected chi connectivity index (χ0v) is 17.5. The number of furan rings is 1. The van der Waals surface area contributed by atoms with Crippen LogP contribution in [0.2, 0.25) is 0 Å². The minimum absolute atomic E-state index is 0.0662. The summed E-state index contributed by atoms with van der Waals surface area (Å²) in [7, 11) is 0. The predicted molar refractivity (Wildman–Crippen MR) is 114 cm³/mol. The van der Waals surface area contributed by atoms with Gasteiger partial charge in [0.15, 0.2) is 5.96 Å². The van der Waals surface area contributed by atoms with Crippen molar-refractivity contribution in [3.05, 3.63) is 52.9 Å². The molecule has 28 heavy (non-hydrogen) atoms. The van der Waals surface area contributed by atoms with Crippen molar-refractivity contribution >= 4 is 33.5 Å². The highest BCUT2D eigenvalue weighted by atomic mass is 79.9. The summed E-state index contributed by atoms with van der Waals surface area (Å²) >= 11 is 3.62. The molecule has 3 rings (SSSR count). The van der Waals surface area contributed by atoms with Crippen LogP contribution in [0.25, 0.3) is 0 Å². The van der Waals surface area contributed by atoms with Crippen LogP contribution in [0.5, 0.6) is 0 Å². The number of halogens is 1. The van der Waals surface area contributed by atoms with Crippen molar-refractivity contribution in [1.29, 1.82) is 0 Å². The monoisotopic (exact) mass is 447 g/mol. The Balaban J connectivity index is 1.50. The van der Waals surface area contributed by atoms with Gasteiger partial charge in [0.25, 0.3) is 0 Å². The molecule has 2 aromatic rings. The van der Waals surface area contributed by atoms with Crippen molar-refractivity contribution in [2.24, 2.45) is 4.99 Å². The third-order valence-electron chi connectivity index (χ3n) is 4.49. The molecule has 1 aliphatic rings. The van der Waals surface area contributed by atoms with Crippen LogP contribution in [-0.4, -0.2) is 44.1 Å². The van der Waals surface area contributed by atoms with Crippen molar-refractivity contribution in [2.75, 3.05) is 31.1 Å². The molecule has 1 aliphatic heterocycles. The number of carbonyl (C=O) groups is 1. The van der Waals surface area contributed by atoms with Gasteiger partial charge < -0.3 is 25.3 Å². The van der Waals surface area contributed by atoms with E-state index in [2.05, 4.69) is 53.9 Å². The Labute approximate surface area is 173 Å². The average Bonchev–Trinajstić information content (AvgIpc) is 3.37. The smallest absolute Gasteiger partial charge is 0.242 e. The molecule has 8 heteroatoms. The number of aliphatic imine (C=N–C) groups is 1. The Kier molecular flexibility index (Phi) is 7.36. The number of hydrogen-bond donors (Lipinski definition) is 3. The van der Waals surface area contributed by atoms with E-state index in [-0.39, 0.29) is 18.5 Å². The number of carbonyl (C=O) groups excluding carboxylic acids is 1. The molecule has 0 radical (unpaired) electrons. The molecule has 1 atom stereocenters. The third-order valence-corrected chi connectivity index (χ3v) is 5.16. The van der Waals surface area contributed by atoms with Crippen molar-refractivity contribution in [3.63, 3.8) is 0 Å². The maximum atomic E-state index is 12.0. The quantitative estimate of drug-likeness (QED) is 0.448. The fraction of sp³-hybridized carbons (Fsp3) is 0.400. The fourth-order valence-electron chi connectivity index (χ4n) is 3.12. The van der Waals surface area contributed by atoms with Crippen LogP contribution in [0.4, 0.5) is 5.69 Å². The minimum atomic E-state index is -0.144. The molecular formula is C20H26BrN5O2. The lowest BCUT2D eigenvalue weighted by Gasteiger charge is -2.21. The highest BCUT2D eigenvalue weighted by molar-refractivity contribution is 9.10. The third kappa shape index (κ3) is 5.76. The number of hydrogen-bond acceptors (Lipinski definition) is 4. The van der Waals surface area contributed by atoms with E-state index < -0.39 is 0 Å². The normalized spacial score (nSPS) is 16.9. The minimum Gasteiger partial charge on any atom is -0.467 e. The second-order valence-corrected chi connectivity index (χ2v) is 7.43. The number of nitrogens with zero attached hydrogens (tertiary/aromatic N) is 2. The molecular weight excluding hydrogens is 422 g/mol. The summed E-state index contributed by atoms with van der Waals surface area (Å²) in [6.07, 6.45) is 2.60. The maximum Gasteiger partial charge on any atom is 0.242 e. The topological polar surface area (TPSA) is 81.9 Å². The molecule has 1 fully saturated rings. The summed E-state index contributed by atoms with van der Waals surface area (Å²) in [5, 5.41) is 9.46. The lowest BCUT2D eigenvalue weighted by atomic mass is 10.3. The Morgan fingerprint density at radius 3 is 2.89 bits per heavy atom. The Morgan fingerprint density at radius 2 is 2.14 bits per heavy atom. The van der Waals surface area contributed by atoms with E-state index in [0.29, 0.717) is 12.5 Å². The molecule has 1 unspecified atom stereocenters. The predicted octanol–water partition coefficient (Wildman–Crippen LogP) is 2.49. The summed E-state index contributed by atoms with van der Waals surface area (Å²) in [6.45, 7) is 5.04. The van der Waals surface area contributed by atoms with E-state index in [9.17, 15) is 4.79 Å². The van der Waals surface area contributed by atoms with Gasteiger partial charge in [0.05, 0.1) is 18.5 Å². The van der Waals surface area contributed by atoms with Gasteiger partial charge in [-0.25, -0.2) is 4.99 Å². The van der Waals surface area contributed by atoms with E-state index in [0.717, 1.165) is 36.3 Å². The van der Waals surface area contributed by atoms with Gasteiger partial charge in [-0.15, -0.1) is 0 Å². The zero-order chi connectivity index (χ0) is 19.8. The van der Waals surface area contributed by atoms with Gasteiger partial charge in [-0.05, 0) is 53.5 Å². The molecule has 3 N–H and O–H groups in total. The van der Waals surface area contributed by atoms with Crippen molar-refractivity contribution in [1.82, 2.24) is 16.0 Å². The largest absolute Gasteiger partial charge is 0.467 e. The van der Waals surface area contributed by atoms with Crippen LogP contribution in [0.3, 0.4) is 0 Å². The number of amides is 1. The number of nitrogens with one attached hydrogen (secondary N) is 3. The summed E-state index contributed by atoms with van der Waals surface area (Å²) in [5.74, 6) is 1.24. The first-order valence-corrected chi connectivity index (χ1v) is 10.3. The van der Waals surface area contributed by atoms with E-state index >= 15 is 0 Å². The first-order chi connectivity index (χ1) is 13.7. The Hall–Kier alpha value is -2.48. The summed E-state index contributed by atoms with van der Waals surface area (Å²) in [4.78, 5) is 18.8. The summed E-state index contributed by atoms with van der Waals surface area (Å²) in [5.41, 5.74) is 1.20. The first kappa shape index (κ1) is 20.3. The van der Waals surface area contributed by atoms with E-state index in [1.54, 1.807) is 12.3 Å². The van der Waals surface area contributed by atoms with Crippen LogP contribution in [-0.2, 0) is 11.3 Å². The average molecular weight is 448 g/mol. The van der Waals surface area contributed by atoms with Gasteiger partial charge in [-0.1, -0.05) is 12.1 Å². The molecule has 150 valence electrons. The lowest BCUT2D eigenvalue weighted by molar-refractivity contribution is -0.119. The number of benzene rings is 1. The Morgan fingerprint density at radius 1 is 1.29 bits per heavy atom. The molecule has 1 aromatic heterocycles. The van der Waals surface area contributed by atoms with Crippen LogP contribution in [0, 0.1) is 0 Å². The van der Waals surface area contributed by atoms with E-state index in [1.807, 2.05) is 25.1 Å². The van der Waals surface area contributed by atoms with Crippen molar-refractivity contribution in [3.8, 4) is 0 Å². The van der Waals surface area contributed by atoms with Gasteiger partial charge in [0, 0.05) is 30.1 Å². The van der Waals surface area contributed by atoms with Crippen molar-refractivity contribution in [2.45, 2.75) is 25.9 Å². The van der Waals surface area contributed by atoms with Gasteiger partial charge >= 0.3 is 0 Å². The van der Waals surface area contributed by atoms with Crippen LogP contribution < -0.4 is 20.9 Å². The van der Waals surface area contributed by atoms with E-state index in [1.165, 1.54) is 5.69 Å². The second-order valence-electron chi connectivity index (χ2n) is 6.58. The molecule has 1 aromatic carbocycles. The van der Waals surface area contributed by atoms with Crippen LogP contribution in [0.1, 0.15) is 19.1 Å².